The van der Waals surface area contributed by atoms with Gasteiger partial charge in [-0.15, -0.1) is 0 Å². The van der Waals surface area contributed by atoms with Gasteiger partial charge in [-0.1, -0.05) is 25.4 Å². The maximum absolute atomic E-state index is 13.8. The Morgan fingerprint density at radius 3 is 2.43 bits per heavy atom. The Bertz CT molecular complexity index is 550. The van der Waals surface area contributed by atoms with Crippen molar-refractivity contribution in [2.75, 3.05) is 7.05 Å². The van der Waals surface area contributed by atoms with Crippen molar-refractivity contribution >= 4 is 23.4 Å². The summed E-state index contributed by atoms with van der Waals surface area (Å²) >= 11 is 5.43. The molecule has 2 amide bonds. The first-order chi connectivity index (χ1) is 9.77. The summed E-state index contributed by atoms with van der Waals surface area (Å²) in [6.07, 6.45) is 0.391. The topological polar surface area (TPSA) is 58.2 Å². The second-order valence-corrected chi connectivity index (χ2v) is 5.37. The van der Waals surface area contributed by atoms with Gasteiger partial charge in [0.15, 0.2) is 5.82 Å². The Morgan fingerprint density at radius 2 is 1.90 bits per heavy atom. The molecule has 1 aromatic rings. The highest BCUT2D eigenvalue weighted by Gasteiger charge is 2.24. The smallest absolute Gasteiger partial charge is 0.254 e. The molecule has 0 fully saturated rings. The highest BCUT2D eigenvalue weighted by molar-refractivity contribution is 6.31. The largest absolute Gasteiger partial charge is 0.357 e. The van der Waals surface area contributed by atoms with Crippen molar-refractivity contribution in [3.8, 4) is 0 Å². The fourth-order valence-electron chi connectivity index (χ4n) is 1.81. The molecule has 116 valence electrons. The molecule has 21 heavy (non-hydrogen) atoms. The van der Waals surface area contributed by atoms with Crippen LogP contribution in [0.3, 0.4) is 0 Å². The Morgan fingerprint density at radius 1 is 1.29 bits per heavy atom. The van der Waals surface area contributed by atoms with Crippen LogP contribution in [0, 0.1) is 17.6 Å². The first-order valence-electron chi connectivity index (χ1n) is 6.43. The monoisotopic (exact) mass is 318 g/mol. The van der Waals surface area contributed by atoms with E-state index in [1.807, 2.05) is 13.8 Å². The molecule has 7 heteroatoms. The Balaban J connectivity index is 2.97. The number of carbonyl (C=O) groups excluding carboxylic acids is 2. The van der Waals surface area contributed by atoms with E-state index >= 15 is 0 Å². The normalized spacial score (nSPS) is 12.1. The quantitative estimate of drug-likeness (QED) is 0.820. The number of carbonyl (C=O) groups is 2. The molecule has 0 aliphatic rings. The number of likely N-dealkylation sites (N-methyl/N-ethyl adjacent to an activating group) is 1. The van der Waals surface area contributed by atoms with E-state index in [1.165, 1.54) is 7.05 Å². The van der Waals surface area contributed by atoms with Crippen LogP contribution in [0.15, 0.2) is 12.1 Å². The molecule has 2 N–H and O–H groups in total. The van der Waals surface area contributed by atoms with Gasteiger partial charge in [-0.25, -0.2) is 8.78 Å². The second-order valence-electron chi connectivity index (χ2n) is 4.99. The Labute approximate surface area is 126 Å². The van der Waals surface area contributed by atoms with Crippen molar-refractivity contribution < 1.29 is 18.4 Å². The van der Waals surface area contributed by atoms with Gasteiger partial charge in [0, 0.05) is 7.05 Å². The van der Waals surface area contributed by atoms with Crippen molar-refractivity contribution in [2.24, 2.45) is 5.92 Å². The van der Waals surface area contributed by atoms with Crippen molar-refractivity contribution in [3.63, 3.8) is 0 Å². The summed E-state index contributed by atoms with van der Waals surface area (Å²) in [7, 11) is 1.44. The van der Waals surface area contributed by atoms with E-state index in [2.05, 4.69) is 10.6 Å². The number of hydrogen-bond acceptors (Lipinski definition) is 2. The summed E-state index contributed by atoms with van der Waals surface area (Å²) in [5.74, 6) is -3.14. The molecule has 0 aliphatic heterocycles. The van der Waals surface area contributed by atoms with Gasteiger partial charge in [-0.2, -0.15) is 0 Å². The van der Waals surface area contributed by atoms with E-state index in [-0.39, 0.29) is 11.8 Å². The van der Waals surface area contributed by atoms with Gasteiger partial charge >= 0.3 is 0 Å². The van der Waals surface area contributed by atoms with E-state index < -0.39 is 34.2 Å². The third-order valence-corrected chi connectivity index (χ3v) is 3.20. The average Bonchev–Trinajstić information content (AvgIpc) is 2.42. The maximum atomic E-state index is 13.8. The number of rotatable bonds is 5. The molecule has 1 rings (SSSR count). The second kappa shape index (κ2) is 7.36. The lowest BCUT2D eigenvalue weighted by molar-refractivity contribution is -0.122. The van der Waals surface area contributed by atoms with E-state index in [0.717, 1.165) is 12.1 Å². The van der Waals surface area contributed by atoms with Crippen LogP contribution < -0.4 is 10.6 Å². The van der Waals surface area contributed by atoms with E-state index in [0.29, 0.717) is 6.42 Å². The molecule has 0 bridgehead atoms. The maximum Gasteiger partial charge on any atom is 0.254 e. The summed E-state index contributed by atoms with van der Waals surface area (Å²) in [6.45, 7) is 3.77. The Kier molecular flexibility index (Phi) is 6.08. The van der Waals surface area contributed by atoms with Gasteiger partial charge < -0.3 is 10.6 Å². The third kappa shape index (κ3) is 4.39. The molecule has 0 saturated carbocycles. The zero-order valence-electron chi connectivity index (χ0n) is 12.0. The van der Waals surface area contributed by atoms with Crippen LogP contribution in [0.2, 0.25) is 5.02 Å². The Hall–Kier alpha value is -1.69. The molecule has 0 saturated heterocycles. The molecule has 0 aromatic heterocycles. The summed E-state index contributed by atoms with van der Waals surface area (Å²) < 4.78 is 26.8. The van der Waals surface area contributed by atoms with Crippen LogP contribution in [-0.2, 0) is 4.79 Å². The molecule has 0 spiro atoms. The minimum Gasteiger partial charge on any atom is -0.357 e. The minimum atomic E-state index is -1.14. The lowest BCUT2D eigenvalue weighted by Gasteiger charge is -2.19. The van der Waals surface area contributed by atoms with Gasteiger partial charge in [0.05, 0.1) is 5.56 Å². The first-order valence-corrected chi connectivity index (χ1v) is 6.81. The average molecular weight is 319 g/mol. The predicted molar refractivity (Wildman–Crippen MR) is 76.1 cm³/mol. The van der Waals surface area contributed by atoms with Crippen molar-refractivity contribution in [1.82, 2.24) is 10.6 Å². The molecule has 1 aromatic carbocycles. The number of halogens is 3. The highest BCUT2D eigenvalue weighted by Crippen LogP contribution is 2.22. The van der Waals surface area contributed by atoms with E-state index in [1.54, 1.807) is 0 Å². The van der Waals surface area contributed by atoms with Gasteiger partial charge in [-0.05, 0) is 24.5 Å². The van der Waals surface area contributed by atoms with Crippen LogP contribution in [0.4, 0.5) is 8.78 Å². The number of amides is 2. The van der Waals surface area contributed by atoms with E-state index in [4.69, 9.17) is 11.6 Å². The van der Waals surface area contributed by atoms with Crippen molar-refractivity contribution in [1.29, 1.82) is 0 Å². The molecule has 4 nitrogen and oxygen atoms in total. The van der Waals surface area contributed by atoms with Crippen LogP contribution in [0.25, 0.3) is 0 Å². The van der Waals surface area contributed by atoms with E-state index in [9.17, 15) is 18.4 Å². The fourth-order valence-corrected chi connectivity index (χ4v) is 1.98. The molecular formula is C14H17ClF2N2O2. The zero-order valence-corrected chi connectivity index (χ0v) is 12.7. The molecule has 1 unspecified atom stereocenters. The summed E-state index contributed by atoms with van der Waals surface area (Å²) in [6, 6.07) is 1.09. The van der Waals surface area contributed by atoms with Crippen LogP contribution >= 0.6 is 11.6 Å². The fraction of sp³-hybridized carbons (Fsp3) is 0.429. The van der Waals surface area contributed by atoms with Crippen molar-refractivity contribution in [2.45, 2.75) is 26.3 Å². The number of hydrogen-bond donors (Lipinski definition) is 2. The molecule has 1 atom stereocenters. The predicted octanol–water partition coefficient (Wildman–Crippen LogP) is 2.51. The zero-order chi connectivity index (χ0) is 16.2. The molecule has 0 radical (unpaired) electrons. The number of benzene rings is 1. The summed E-state index contributed by atoms with van der Waals surface area (Å²) in [5, 5.41) is 4.11. The molecule has 0 aliphatic carbocycles. The van der Waals surface area contributed by atoms with Gasteiger partial charge in [-0.3, -0.25) is 9.59 Å². The molecular weight excluding hydrogens is 302 g/mol. The lowest BCUT2D eigenvalue weighted by Crippen LogP contribution is -2.46. The SMILES string of the molecule is CNC(=O)C(CC(C)C)NC(=O)c1ccc(F)c(Cl)c1F. The van der Waals surface area contributed by atoms with Crippen LogP contribution in [0.5, 0.6) is 0 Å². The summed E-state index contributed by atoms with van der Waals surface area (Å²) in [5.41, 5.74) is -0.404. The van der Waals surface area contributed by atoms with Gasteiger partial charge in [0.1, 0.15) is 16.9 Å². The number of nitrogens with one attached hydrogen (secondary N) is 2. The molecule has 0 heterocycles. The van der Waals surface area contributed by atoms with Gasteiger partial charge in [0.25, 0.3) is 5.91 Å². The van der Waals surface area contributed by atoms with Crippen LogP contribution in [0.1, 0.15) is 30.6 Å². The summed E-state index contributed by atoms with van der Waals surface area (Å²) in [4.78, 5) is 23.7. The van der Waals surface area contributed by atoms with Crippen molar-refractivity contribution in [3.05, 3.63) is 34.4 Å². The van der Waals surface area contributed by atoms with Gasteiger partial charge in [0.2, 0.25) is 5.91 Å². The highest BCUT2D eigenvalue weighted by atomic mass is 35.5. The lowest BCUT2D eigenvalue weighted by atomic mass is 10.0. The van der Waals surface area contributed by atoms with Crippen LogP contribution in [-0.4, -0.2) is 24.9 Å². The standard InChI is InChI=1S/C14H17ClF2N2O2/c1-7(2)6-10(14(21)18-3)19-13(20)8-4-5-9(16)11(15)12(8)17/h4-5,7,10H,6H2,1-3H3,(H,18,21)(H,19,20). The minimum absolute atomic E-state index is 0.147. The third-order valence-electron chi connectivity index (χ3n) is 2.86. The first kappa shape index (κ1) is 17.4.